The highest BCUT2D eigenvalue weighted by Gasteiger charge is 2.46. The minimum absolute atomic E-state index is 0.0795. The minimum Gasteiger partial charge on any atom is -0.458 e. The number of carbonyl (C=O) groups is 2. The molecule has 0 saturated carbocycles. The molecule has 4 heterocycles. The molecule has 0 aliphatic carbocycles. The average molecular weight is 513 g/mol. The molecule has 182 valence electrons. The normalized spacial score (nSPS) is 18.6. The summed E-state index contributed by atoms with van der Waals surface area (Å²) in [6.45, 7) is 7.43. The molecule has 1 N–H and O–H groups in total. The van der Waals surface area contributed by atoms with Gasteiger partial charge < -0.3 is 19.1 Å². The van der Waals surface area contributed by atoms with E-state index in [2.05, 4.69) is 13.1 Å². The van der Waals surface area contributed by atoms with Crippen LogP contribution in [0.5, 0.6) is 5.75 Å². The van der Waals surface area contributed by atoms with E-state index >= 15 is 0 Å². The van der Waals surface area contributed by atoms with Gasteiger partial charge in [-0.1, -0.05) is 20.0 Å². The zero-order chi connectivity index (χ0) is 25.3. The summed E-state index contributed by atoms with van der Waals surface area (Å²) < 4.78 is 12.1. The Morgan fingerprint density at radius 1 is 1.29 bits per heavy atom. The van der Waals surface area contributed by atoms with Crippen LogP contribution in [0.25, 0.3) is 22.3 Å². The Kier molecular flexibility index (Phi) is 5.43. The van der Waals surface area contributed by atoms with Crippen LogP contribution in [0.4, 0.5) is 0 Å². The van der Waals surface area contributed by atoms with Crippen molar-refractivity contribution in [3.8, 4) is 17.1 Å². The van der Waals surface area contributed by atoms with Crippen LogP contribution in [0.3, 0.4) is 0 Å². The average Bonchev–Trinajstić information content (AvgIpc) is 3.18. The van der Waals surface area contributed by atoms with Gasteiger partial charge in [0.1, 0.15) is 12.4 Å². The van der Waals surface area contributed by atoms with Gasteiger partial charge in [0.05, 0.1) is 37.1 Å². The number of aromatic nitrogens is 2. The second-order valence-electron chi connectivity index (χ2n) is 9.71. The summed E-state index contributed by atoms with van der Waals surface area (Å²) >= 11 is 6.47. The first-order valence-electron chi connectivity index (χ1n) is 11.4. The molecule has 0 amide bonds. The number of ether oxygens (including phenoxy) is 2. The molecule has 1 aromatic carbocycles. The fraction of sp³-hybridized carbons (Fsp3) is 0.360. The van der Waals surface area contributed by atoms with Crippen LogP contribution in [0, 0.1) is 0 Å². The zero-order valence-corrected chi connectivity index (χ0v) is 21.7. The largest absolute Gasteiger partial charge is 0.458 e. The minimum atomic E-state index is -2.23. The first kappa shape index (κ1) is 23.7. The van der Waals surface area contributed by atoms with Gasteiger partial charge in [0.25, 0.3) is 5.56 Å². The van der Waals surface area contributed by atoms with Crippen molar-refractivity contribution in [2.45, 2.75) is 52.1 Å². The molecule has 0 spiro atoms. The molecule has 8 nitrogen and oxygen atoms in total. The number of carbonyl (C=O) groups excluding carboxylic acids is 2. The van der Waals surface area contributed by atoms with E-state index in [1.807, 2.05) is 0 Å². The smallest absolute Gasteiger partial charge is 0.343 e. The molecule has 35 heavy (non-hydrogen) atoms. The van der Waals surface area contributed by atoms with Crippen molar-refractivity contribution in [1.82, 2.24) is 9.55 Å². The summed E-state index contributed by atoms with van der Waals surface area (Å²) in [5.41, 5.74) is 1.57. The molecule has 2 aliphatic heterocycles. The fourth-order valence-electron chi connectivity index (χ4n) is 5.13. The first-order valence-corrected chi connectivity index (χ1v) is 15.1. The highest BCUT2D eigenvalue weighted by Crippen LogP contribution is 2.39. The van der Waals surface area contributed by atoms with Crippen LogP contribution in [-0.4, -0.2) is 40.2 Å². The highest BCUT2D eigenvalue weighted by atomic mass is 35.5. The maximum Gasteiger partial charge on any atom is 0.343 e. The number of alkyl halides is 1. The maximum atomic E-state index is 13.5. The molecule has 0 radical (unpaired) electrons. The Bertz CT molecular complexity index is 1500. The lowest BCUT2D eigenvalue weighted by Gasteiger charge is -2.31. The second kappa shape index (κ2) is 8.01. The third-order valence-corrected chi connectivity index (χ3v) is 11.5. The van der Waals surface area contributed by atoms with E-state index < -0.39 is 25.6 Å². The number of hydrogen-bond acceptors (Lipinski definition) is 7. The molecule has 2 aromatic heterocycles. The predicted octanol–water partition coefficient (Wildman–Crippen LogP) is 2.70. The zero-order valence-electron chi connectivity index (χ0n) is 19.9. The lowest BCUT2D eigenvalue weighted by Crippen LogP contribution is -2.47. The van der Waals surface area contributed by atoms with E-state index in [1.54, 1.807) is 35.8 Å². The monoisotopic (exact) mass is 512 g/mol. The number of halogens is 1. The highest BCUT2D eigenvalue weighted by molar-refractivity contribution is 6.95. The summed E-state index contributed by atoms with van der Waals surface area (Å²) in [5, 5.41) is 13.0. The Morgan fingerprint density at radius 3 is 2.69 bits per heavy atom. The van der Waals surface area contributed by atoms with Gasteiger partial charge in [0.2, 0.25) is 0 Å². The van der Waals surface area contributed by atoms with Crippen molar-refractivity contribution in [2.24, 2.45) is 0 Å². The molecule has 0 unspecified atom stereocenters. The van der Waals surface area contributed by atoms with Gasteiger partial charge in [0, 0.05) is 23.4 Å². The number of nitrogens with zero attached hydrogens (tertiary/aromatic N) is 2. The van der Waals surface area contributed by atoms with E-state index in [-0.39, 0.29) is 29.7 Å². The lowest BCUT2D eigenvalue weighted by atomic mass is 9.86. The van der Waals surface area contributed by atoms with E-state index in [9.17, 15) is 19.5 Å². The van der Waals surface area contributed by atoms with Gasteiger partial charge >= 0.3 is 11.9 Å². The summed E-state index contributed by atoms with van der Waals surface area (Å²) in [4.78, 5) is 42.4. The number of esters is 2. The topological polar surface area (TPSA) is 108 Å². The molecular weight excluding hydrogens is 488 g/mol. The summed E-state index contributed by atoms with van der Waals surface area (Å²) in [6.07, 6.45) is 0.0795. The Morgan fingerprint density at radius 2 is 2.03 bits per heavy atom. The van der Waals surface area contributed by atoms with E-state index in [0.717, 1.165) is 16.1 Å². The van der Waals surface area contributed by atoms with Gasteiger partial charge in [-0.2, -0.15) is 0 Å². The van der Waals surface area contributed by atoms with Crippen LogP contribution in [-0.2, 0) is 33.1 Å². The predicted molar refractivity (Wildman–Crippen MR) is 134 cm³/mol. The van der Waals surface area contributed by atoms with Crippen LogP contribution >= 0.6 is 11.6 Å². The number of benzene rings is 1. The van der Waals surface area contributed by atoms with Crippen molar-refractivity contribution < 1.29 is 24.2 Å². The third kappa shape index (κ3) is 3.44. The Balaban J connectivity index is 1.83. The standard InChI is InChI=1S/C25H25ClN2O6Si/c1-5-25(32)18-9-20-21-16(10-28(20)23(30)17(18)11-33-24(25)31)22(35(3,4)12-26)15-8-14(34-13(2)29)6-7-19(15)27-21/h6-9,32H,5,10-12H2,1-4H3/t25-/m0/s1. The molecule has 0 bridgehead atoms. The SMILES string of the molecule is CC[C@@]1(O)C(=O)OCc2c1cc1n(c2=O)Cc2c-1nc1ccc(OC(C)=O)cc1c2[Si](C)(C)CCl. The Hall–Kier alpha value is -3.01. The third-order valence-electron chi connectivity index (χ3n) is 6.93. The molecule has 0 fully saturated rings. The van der Waals surface area contributed by atoms with Crippen LogP contribution in [0.2, 0.25) is 13.1 Å². The van der Waals surface area contributed by atoms with Crippen LogP contribution in [0.1, 0.15) is 37.0 Å². The molecule has 3 aromatic rings. The Labute approximate surface area is 207 Å². The number of aliphatic hydroxyl groups is 1. The number of cyclic esters (lactones) is 1. The maximum absolute atomic E-state index is 13.5. The molecule has 2 aliphatic rings. The number of pyridine rings is 2. The van der Waals surface area contributed by atoms with Gasteiger partial charge in [-0.3, -0.25) is 9.59 Å². The van der Waals surface area contributed by atoms with Gasteiger partial charge in [-0.05, 0) is 41.4 Å². The van der Waals surface area contributed by atoms with Gasteiger partial charge in [-0.25, -0.2) is 9.78 Å². The number of hydrogen-bond donors (Lipinski definition) is 1. The summed E-state index contributed by atoms with van der Waals surface area (Å²) in [6, 6.07) is 6.98. The molecule has 5 rings (SSSR count). The molecule has 0 saturated heterocycles. The van der Waals surface area contributed by atoms with Gasteiger partial charge in [-0.15, -0.1) is 11.6 Å². The van der Waals surface area contributed by atoms with E-state index in [4.69, 9.17) is 26.1 Å². The first-order chi connectivity index (χ1) is 16.5. The van der Waals surface area contributed by atoms with Crippen molar-refractivity contribution in [3.05, 3.63) is 51.3 Å². The van der Waals surface area contributed by atoms with E-state index in [0.29, 0.717) is 34.7 Å². The summed E-state index contributed by atoms with van der Waals surface area (Å²) in [7, 11) is -2.23. The molecule has 1 atom stereocenters. The van der Waals surface area contributed by atoms with Crippen molar-refractivity contribution >= 4 is 47.7 Å². The van der Waals surface area contributed by atoms with Crippen molar-refractivity contribution in [2.75, 3.05) is 5.50 Å². The second-order valence-corrected chi connectivity index (χ2v) is 15.0. The summed E-state index contributed by atoms with van der Waals surface area (Å²) in [5.74, 6) is -0.756. The number of fused-ring (bicyclic) bond motifs is 5. The van der Waals surface area contributed by atoms with Crippen molar-refractivity contribution in [3.63, 3.8) is 0 Å². The lowest BCUT2D eigenvalue weighted by molar-refractivity contribution is -0.172. The van der Waals surface area contributed by atoms with Crippen LogP contribution < -0.4 is 15.5 Å². The number of rotatable bonds is 4. The molecular formula is C25H25ClN2O6Si. The fourth-order valence-corrected chi connectivity index (χ4v) is 7.61. The molecule has 10 heteroatoms. The van der Waals surface area contributed by atoms with Crippen molar-refractivity contribution in [1.29, 1.82) is 0 Å². The van der Waals surface area contributed by atoms with Crippen LogP contribution in [0.15, 0.2) is 29.1 Å². The quantitative estimate of drug-likeness (QED) is 0.194. The van der Waals surface area contributed by atoms with E-state index in [1.165, 1.54) is 6.92 Å². The van der Waals surface area contributed by atoms with Gasteiger partial charge in [0.15, 0.2) is 5.60 Å².